The third-order valence-corrected chi connectivity index (χ3v) is 6.35. The molecule has 0 saturated carbocycles. The fourth-order valence-electron chi connectivity index (χ4n) is 4.65. The van der Waals surface area contributed by atoms with Crippen molar-refractivity contribution < 1.29 is 9.90 Å². The number of carbonyl (C=O) groups is 1. The van der Waals surface area contributed by atoms with Crippen LogP contribution in [0.5, 0.6) is 0 Å². The molecule has 1 saturated heterocycles. The summed E-state index contributed by atoms with van der Waals surface area (Å²) in [5.41, 5.74) is 5.02. The Hall–Kier alpha value is -2.21. The summed E-state index contributed by atoms with van der Waals surface area (Å²) < 4.78 is 0. The minimum Gasteiger partial charge on any atom is -0.394 e. The minimum absolute atomic E-state index is 0.0299. The zero-order chi connectivity index (χ0) is 20.2. The van der Waals surface area contributed by atoms with Gasteiger partial charge in [0, 0.05) is 38.4 Å². The summed E-state index contributed by atoms with van der Waals surface area (Å²) in [4.78, 5) is 19.0. The van der Waals surface area contributed by atoms with E-state index in [4.69, 9.17) is 0 Å². The molecule has 2 aliphatic heterocycles. The molecule has 2 atom stereocenters. The molecule has 0 radical (unpaired) electrons. The van der Waals surface area contributed by atoms with Crippen molar-refractivity contribution >= 4 is 12.0 Å². The normalized spacial score (nSPS) is 21.2. The lowest BCUT2D eigenvalue weighted by Gasteiger charge is -2.43. The third kappa shape index (κ3) is 4.22. The summed E-state index contributed by atoms with van der Waals surface area (Å²) in [7, 11) is 0. The Balaban J connectivity index is 1.40. The van der Waals surface area contributed by atoms with Crippen LogP contribution in [0, 0.1) is 0 Å². The smallest absolute Gasteiger partial charge is 0.157 e. The van der Waals surface area contributed by atoms with Gasteiger partial charge in [0.25, 0.3) is 0 Å². The second kappa shape index (κ2) is 9.08. The van der Waals surface area contributed by atoms with Gasteiger partial charge in [-0.25, -0.2) is 0 Å². The van der Waals surface area contributed by atoms with Crippen molar-refractivity contribution in [3.8, 4) is 0 Å². The van der Waals surface area contributed by atoms with Gasteiger partial charge >= 0.3 is 0 Å². The highest BCUT2D eigenvalue weighted by Crippen LogP contribution is 2.34. The Labute approximate surface area is 173 Å². The maximum absolute atomic E-state index is 12.1. The molecule has 29 heavy (non-hydrogen) atoms. The monoisotopic (exact) mass is 393 g/mol. The molecule has 0 aromatic heterocycles. The number of piperazine rings is 1. The van der Waals surface area contributed by atoms with Crippen LogP contribution >= 0.6 is 0 Å². The van der Waals surface area contributed by atoms with E-state index in [-0.39, 0.29) is 18.8 Å². The number of hydrogen-bond donors (Lipinski definition) is 1. The Morgan fingerprint density at radius 3 is 2.38 bits per heavy atom. The quantitative estimate of drug-likeness (QED) is 0.732. The first-order valence-corrected chi connectivity index (χ1v) is 10.7. The van der Waals surface area contributed by atoms with Crippen molar-refractivity contribution in [2.45, 2.75) is 38.5 Å². The number of fused-ring (bicyclic) bond motifs is 1. The van der Waals surface area contributed by atoms with Gasteiger partial charge in [-0.15, -0.1) is 0 Å². The van der Waals surface area contributed by atoms with E-state index >= 15 is 0 Å². The number of carbonyl (C=O) groups excluding carboxylic acids is 1. The third-order valence-electron chi connectivity index (χ3n) is 6.35. The van der Waals surface area contributed by atoms with E-state index in [2.05, 4.69) is 58.0 Å². The SMILES string of the molecule is CCc1ccc(CN2CCN(C(C=O)N3c4ccccc4C[C@H]3CO)CC2)cc1. The Morgan fingerprint density at radius 2 is 1.72 bits per heavy atom. The number of para-hydroxylation sites is 1. The number of aldehydes is 1. The molecular formula is C24H31N3O2. The predicted molar refractivity (Wildman–Crippen MR) is 116 cm³/mol. The lowest BCUT2D eigenvalue weighted by Crippen LogP contribution is -2.58. The average Bonchev–Trinajstić information content (AvgIpc) is 3.15. The van der Waals surface area contributed by atoms with Gasteiger partial charge in [0.1, 0.15) is 6.17 Å². The maximum atomic E-state index is 12.1. The molecule has 0 amide bonds. The molecule has 0 bridgehead atoms. The van der Waals surface area contributed by atoms with Crippen LogP contribution in [0.4, 0.5) is 5.69 Å². The lowest BCUT2D eigenvalue weighted by molar-refractivity contribution is -0.113. The van der Waals surface area contributed by atoms with Crippen LogP contribution < -0.4 is 4.90 Å². The van der Waals surface area contributed by atoms with Gasteiger partial charge in [0.15, 0.2) is 6.29 Å². The summed E-state index contributed by atoms with van der Waals surface area (Å²) in [6.07, 6.45) is 2.59. The zero-order valence-corrected chi connectivity index (χ0v) is 17.2. The van der Waals surface area contributed by atoms with Crippen LogP contribution in [0.2, 0.25) is 0 Å². The van der Waals surface area contributed by atoms with Crippen LogP contribution in [0.3, 0.4) is 0 Å². The summed E-state index contributed by atoms with van der Waals surface area (Å²) in [5, 5.41) is 9.91. The van der Waals surface area contributed by atoms with Crippen molar-refractivity contribution in [3.63, 3.8) is 0 Å². The van der Waals surface area contributed by atoms with E-state index in [1.54, 1.807) is 0 Å². The molecule has 2 aromatic carbocycles. The molecule has 5 nitrogen and oxygen atoms in total. The first-order valence-electron chi connectivity index (χ1n) is 10.7. The van der Waals surface area contributed by atoms with Gasteiger partial charge in [-0.05, 0) is 35.6 Å². The van der Waals surface area contributed by atoms with Crippen LogP contribution in [0.15, 0.2) is 48.5 Å². The lowest BCUT2D eigenvalue weighted by atomic mass is 10.1. The molecule has 2 heterocycles. The molecule has 0 spiro atoms. The highest BCUT2D eigenvalue weighted by molar-refractivity contribution is 5.70. The number of anilines is 1. The number of nitrogens with zero attached hydrogens (tertiary/aromatic N) is 3. The second-order valence-electron chi connectivity index (χ2n) is 8.11. The number of aliphatic hydroxyl groups excluding tert-OH is 1. The molecule has 2 aromatic rings. The van der Waals surface area contributed by atoms with Crippen LogP contribution in [-0.2, 0) is 24.2 Å². The summed E-state index contributed by atoms with van der Waals surface area (Å²) in [5.74, 6) is 0. The number of hydrogen-bond acceptors (Lipinski definition) is 5. The number of rotatable bonds is 7. The van der Waals surface area contributed by atoms with E-state index < -0.39 is 0 Å². The van der Waals surface area contributed by atoms with Crippen molar-refractivity contribution in [1.29, 1.82) is 0 Å². The van der Waals surface area contributed by atoms with Gasteiger partial charge in [-0.3, -0.25) is 14.6 Å². The number of aryl methyl sites for hydroxylation is 1. The first-order chi connectivity index (χ1) is 14.2. The Bertz CT molecular complexity index is 815. The second-order valence-corrected chi connectivity index (χ2v) is 8.11. The van der Waals surface area contributed by atoms with Gasteiger partial charge in [-0.1, -0.05) is 49.4 Å². The van der Waals surface area contributed by atoms with Crippen molar-refractivity contribution in [2.75, 3.05) is 37.7 Å². The summed E-state index contributed by atoms with van der Waals surface area (Å²) in [6.45, 7) is 6.79. The standard InChI is InChI=1S/C24H31N3O2/c1-2-19-7-9-20(10-8-19)16-25-11-13-26(14-12-25)24(18-29)27-22(17-28)15-21-5-3-4-6-23(21)27/h3-10,18,22,24,28H,2,11-17H2,1H3/t22-,24?/m0/s1. The molecule has 4 rings (SSSR count). The number of aliphatic hydroxyl groups is 1. The van der Waals surface area contributed by atoms with E-state index in [1.165, 1.54) is 16.7 Å². The Morgan fingerprint density at radius 1 is 1.03 bits per heavy atom. The average molecular weight is 394 g/mol. The van der Waals surface area contributed by atoms with Crippen LogP contribution in [-0.4, -0.2) is 66.2 Å². The fourth-order valence-corrected chi connectivity index (χ4v) is 4.65. The van der Waals surface area contributed by atoms with E-state index in [9.17, 15) is 9.90 Å². The molecular weight excluding hydrogens is 362 g/mol. The Kier molecular flexibility index (Phi) is 6.28. The van der Waals surface area contributed by atoms with E-state index in [1.807, 2.05) is 12.1 Å². The van der Waals surface area contributed by atoms with Crippen molar-refractivity contribution in [1.82, 2.24) is 9.80 Å². The van der Waals surface area contributed by atoms with Crippen molar-refractivity contribution in [2.24, 2.45) is 0 Å². The molecule has 154 valence electrons. The van der Waals surface area contributed by atoms with Gasteiger partial charge < -0.3 is 10.0 Å². The molecule has 0 aliphatic carbocycles. The molecule has 1 unspecified atom stereocenters. The molecule has 5 heteroatoms. The van der Waals surface area contributed by atoms with E-state index in [0.29, 0.717) is 0 Å². The van der Waals surface area contributed by atoms with E-state index in [0.717, 1.165) is 57.5 Å². The number of benzene rings is 2. The van der Waals surface area contributed by atoms with Crippen molar-refractivity contribution in [3.05, 3.63) is 65.2 Å². The maximum Gasteiger partial charge on any atom is 0.157 e. The van der Waals surface area contributed by atoms with Crippen LogP contribution in [0.1, 0.15) is 23.6 Å². The topological polar surface area (TPSA) is 47.0 Å². The molecule has 1 fully saturated rings. The van der Waals surface area contributed by atoms with Gasteiger partial charge in [0.05, 0.1) is 12.6 Å². The highest BCUT2D eigenvalue weighted by Gasteiger charge is 2.37. The summed E-state index contributed by atoms with van der Waals surface area (Å²) in [6, 6.07) is 17.1. The fraction of sp³-hybridized carbons (Fsp3) is 0.458. The van der Waals surface area contributed by atoms with Crippen LogP contribution in [0.25, 0.3) is 0 Å². The highest BCUT2D eigenvalue weighted by atomic mass is 16.3. The first kappa shape index (κ1) is 20.1. The zero-order valence-electron chi connectivity index (χ0n) is 17.2. The van der Waals surface area contributed by atoms with Gasteiger partial charge in [-0.2, -0.15) is 0 Å². The predicted octanol–water partition coefficient (Wildman–Crippen LogP) is 2.32. The van der Waals surface area contributed by atoms with Gasteiger partial charge in [0.2, 0.25) is 0 Å². The largest absolute Gasteiger partial charge is 0.394 e. The molecule has 2 aliphatic rings. The summed E-state index contributed by atoms with van der Waals surface area (Å²) >= 11 is 0. The molecule has 1 N–H and O–H groups in total. The minimum atomic E-state index is -0.318.